The van der Waals surface area contributed by atoms with Gasteiger partial charge in [0.15, 0.2) is 5.65 Å². The second kappa shape index (κ2) is 8.68. The quantitative estimate of drug-likeness (QED) is 0.629. The van der Waals surface area contributed by atoms with Crippen molar-refractivity contribution in [2.45, 2.75) is 38.6 Å². The Balaban J connectivity index is 1.36. The van der Waals surface area contributed by atoms with Gasteiger partial charge in [-0.2, -0.15) is 4.98 Å². The summed E-state index contributed by atoms with van der Waals surface area (Å²) in [5.41, 5.74) is 9.29. The molecule has 0 radical (unpaired) electrons. The fourth-order valence-electron chi connectivity index (χ4n) is 4.81. The maximum atomic E-state index is 12.8. The standard InChI is InChI=1S/C23H28N8O2/c1-15-14-19(32)31(18-4-2-3-5-18)21-20(15)27-28-23(26-21)25-16-6-8-17(9-7-16)29-10-12-30(13-11-29)22(24)33/h6-9,14,18H,2-5,10-13H2,1H3,(H2,24,33)(H,25,26,28). The Kier molecular flexibility index (Phi) is 5.57. The monoisotopic (exact) mass is 448 g/mol. The van der Waals surface area contributed by atoms with E-state index in [0.717, 1.165) is 55.7 Å². The van der Waals surface area contributed by atoms with E-state index in [1.165, 1.54) is 0 Å². The minimum atomic E-state index is -0.369. The van der Waals surface area contributed by atoms with Crippen molar-refractivity contribution >= 4 is 34.5 Å². The average molecular weight is 449 g/mol. The molecule has 0 spiro atoms. The largest absolute Gasteiger partial charge is 0.368 e. The van der Waals surface area contributed by atoms with Crippen LogP contribution in [0.2, 0.25) is 0 Å². The second-order valence-corrected chi connectivity index (χ2v) is 8.77. The molecule has 2 aromatic heterocycles. The van der Waals surface area contributed by atoms with Crippen LogP contribution < -0.4 is 21.5 Å². The number of carbonyl (C=O) groups excluding carboxylic acids is 1. The van der Waals surface area contributed by atoms with Crippen LogP contribution in [-0.4, -0.2) is 56.9 Å². The van der Waals surface area contributed by atoms with Crippen molar-refractivity contribution in [2.24, 2.45) is 5.73 Å². The highest BCUT2D eigenvalue weighted by atomic mass is 16.2. The lowest BCUT2D eigenvalue weighted by Crippen LogP contribution is -2.50. The molecule has 0 unspecified atom stereocenters. The number of hydrogen-bond donors (Lipinski definition) is 2. The van der Waals surface area contributed by atoms with Crippen molar-refractivity contribution in [2.75, 3.05) is 36.4 Å². The van der Waals surface area contributed by atoms with Crippen LogP contribution in [0.1, 0.15) is 37.3 Å². The van der Waals surface area contributed by atoms with E-state index < -0.39 is 0 Å². The second-order valence-electron chi connectivity index (χ2n) is 8.77. The van der Waals surface area contributed by atoms with Gasteiger partial charge in [0.05, 0.1) is 0 Å². The van der Waals surface area contributed by atoms with E-state index in [1.807, 2.05) is 31.2 Å². The minimum Gasteiger partial charge on any atom is -0.368 e. The smallest absolute Gasteiger partial charge is 0.314 e. The van der Waals surface area contributed by atoms with Gasteiger partial charge in [-0.05, 0) is 49.6 Å². The lowest BCUT2D eigenvalue weighted by atomic mass is 10.2. The molecule has 2 amide bonds. The zero-order valence-corrected chi connectivity index (χ0v) is 18.7. The van der Waals surface area contributed by atoms with Gasteiger partial charge in [0.2, 0.25) is 5.95 Å². The maximum Gasteiger partial charge on any atom is 0.314 e. The predicted octanol–water partition coefficient (Wildman–Crippen LogP) is 2.55. The number of amides is 2. The molecule has 10 heteroatoms. The van der Waals surface area contributed by atoms with E-state index in [1.54, 1.807) is 15.5 Å². The zero-order valence-electron chi connectivity index (χ0n) is 18.7. The first kappa shape index (κ1) is 21.2. The fourth-order valence-corrected chi connectivity index (χ4v) is 4.81. The van der Waals surface area contributed by atoms with E-state index >= 15 is 0 Å². The van der Waals surface area contributed by atoms with E-state index in [-0.39, 0.29) is 17.6 Å². The molecular formula is C23H28N8O2. The molecular weight excluding hydrogens is 420 g/mol. The summed E-state index contributed by atoms with van der Waals surface area (Å²) in [5, 5.41) is 11.8. The minimum absolute atomic E-state index is 0.0286. The summed E-state index contributed by atoms with van der Waals surface area (Å²) in [5.74, 6) is 0.363. The summed E-state index contributed by atoms with van der Waals surface area (Å²) >= 11 is 0. The third kappa shape index (κ3) is 4.20. The van der Waals surface area contributed by atoms with Crippen LogP contribution in [0.5, 0.6) is 0 Å². The van der Waals surface area contributed by atoms with E-state index in [9.17, 15) is 9.59 Å². The van der Waals surface area contributed by atoms with Gasteiger partial charge in [0.25, 0.3) is 5.56 Å². The van der Waals surface area contributed by atoms with Gasteiger partial charge in [-0.3, -0.25) is 9.36 Å². The molecule has 33 heavy (non-hydrogen) atoms. The predicted molar refractivity (Wildman–Crippen MR) is 127 cm³/mol. The highest BCUT2D eigenvalue weighted by Crippen LogP contribution is 2.30. The van der Waals surface area contributed by atoms with E-state index in [4.69, 9.17) is 10.7 Å². The van der Waals surface area contributed by atoms with Crippen LogP contribution in [-0.2, 0) is 0 Å². The fraction of sp³-hybridized carbons (Fsp3) is 0.435. The molecule has 0 bridgehead atoms. The number of aromatic nitrogens is 4. The van der Waals surface area contributed by atoms with Gasteiger partial charge in [-0.25, -0.2) is 4.79 Å². The molecule has 10 nitrogen and oxygen atoms in total. The Hall–Kier alpha value is -3.69. The number of carbonyl (C=O) groups is 1. The number of fused-ring (bicyclic) bond motifs is 1. The van der Waals surface area contributed by atoms with Crippen molar-refractivity contribution < 1.29 is 4.79 Å². The molecule has 172 valence electrons. The summed E-state index contributed by atoms with van der Waals surface area (Å²) < 4.78 is 1.80. The van der Waals surface area contributed by atoms with Crippen LogP contribution in [0.25, 0.3) is 11.2 Å². The number of primary amides is 1. The van der Waals surface area contributed by atoms with Crippen LogP contribution in [0.3, 0.4) is 0 Å². The van der Waals surface area contributed by atoms with Crippen molar-refractivity contribution in [1.82, 2.24) is 24.6 Å². The van der Waals surface area contributed by atoms with Crippen LogP contribution in [0.4, 0.5) is 22.1 Å². The lowest BCUT2D eigenvalue weighted by Gasteiger charge is -2.35. The first-order valence-electron chi connectivity index (χ1n) is 11.4. The highest BCUT2D eigenvalue weighted by molar-refractivity contribution is 5.75. The van der Waals surface area contributed by atoms with Crippen molar-refractivity contribution in [3.05, 3.63) is 46.2 Å². The Morgan fingerprint density at radius 3 is 2.42 bits per heavy atom. The molecule has 1 aliphatic carbocycles. The normalized spacial score (nSPS) is 17.0. The summed E-state index contributed by atoms with van der Waals surface area (Å²) in [4.78, 5) is 32.7. The van der Waals surface area contributed by atoms with Gasteiger partial charge in [0.1, 0.15) is 5.52 Å². The van der Waals surface area contributed by atoms with Crippen molar-refractivity contribution in [3.8, 4) is 0 Å². The number of nitrogens with zero attached hydrogens (tertiary/aromatic N) is 6. The number of aryl methyl sites for hydroxylation is 1. The maximum absolute atomic E-state index is 12.8. The first-order chi connectivity index (χ1) is 16.0. The third-order valence-electron chi connectivity index (χ3n) is 6.62. The zero-order chi connectivity index (χ0) is 22.9. The molecule has 3 heterocycles. The van der Waals surface area contributed by atoms with Gasteiger partial charge in [-0.1, -0.05) is 12.8 Å². The Labute approximate surface area is 191 Å². The van der Waals surface area contributed by atoms with Gasteiger partial charge >= 0.3 is 6.03 Å². The molecule has 1 aromatic carbocycles. The van der Waals surface area contributed by atoms with E-state index in [2.05, 4.69) is 20.4 Å². The third-order valence-corrected chi connectivity index (χ3v) is 6.62. The molecule has 2 aliphatic rings. The van der Waals surface area contributed by atoms with Crippen molar-refractivity contribution in [3.63, 3.8) is 0 Å². The van der Waals surface area contributed by atoms with Gasteiger partial charge < -0.3 is 20.9 Å². The average Bonchev–Trinajstić information content (AvgIpc) is 3.34. The molecule has 3 N–H and O–H groups in total. The number of nitrogens with one attached hydrogen (secondary N) is 1. The van der Waals surface area contributed by atoms with Crippen LogP contribution in [0.15, 0.2) is 35.1 Å². The molecule has 1 aliphatic heterocycles. The molecule has 0 atom stereocenters. The number of piperazine rings is 1. The number of benzene rings is 1. The first-order valence-corrected chi connectivity index (χ1v) is 11.4. The summed E-state index contributed by atoms with van der Waals surface area (Å²) in [6.45, 7) is 4.59. The topological polar surface area (TPSA) is 122 Å². The number of rotatable bonds is 4. The number of anilines is 3. The Morgan fingerprint density at radius 1 is 1.06 bits per heavy atom. The van der Waals surface area contributed by atoms with Gasteiger partial charge in [0, 0.05) is 49.7 Å². The molecule has 5 rings (SSSR count). The number of urea groups is 1. The number of nitrogens with two attached hydrogens (primary N) is 1. The molecule has 1 saturated heterocycles. The lowest BCUT2D eigenvalue weighted by molar-refractivity contribution is 0.204. The Morgan fingerprint density at radius 2 is 1.76 bits per heavy atom. The van der Waals surface area contributed by atoms with Crippen LogP contribution in [0, 0.1) is 6.92 Å². The number of pyridine rings is 1. The Bertz CT molecular complexity index is 1230. The SMILES string of the molecule is Cc1cc(=O)n(C2CCCC2)c2nc(Nc3ccc(N4CCN(C(N)=O)CC4)cc3)nnc12. The molecule has 3 aromatic rings. The summed E-state index contributed by atoms with van der Waals surface area (Å²) in [7, 11) is 0. The summed E-state index contributed by atoms with van der Waals surface area (Å²) in [6.07, 6.45) is 4.22. The number of hydrogen-bond acceptors (Lipinski definition) is 7. The van der Waals surface area contributed by atoms with Crippen LogP contribution >= 0.6 is 0 Å². The van der Waals surface area contributed by atoms with E-state index in [0.29, 0.717) is 30.2 Å². The van der Waals surface area contributed by atoms with Crippen molar-refractivity contribution in [1.29, 1.82) is 0 Å². The highest BCUT2D eigenvalue weighted by Gasteiger charge is 2.22. The van der Waals surface area contributed by atoms with Gasteiger partial charge in [-0.15, -0.1) is 10.2 Å². The molecule has 1 saturated carbocycles. The summed E-state index contributed by atoms with van der Waals surface area (Å²) in [6, 6.07) is 9.40. The molecule has 2 fully saturated rings.